The third-order valence-electron chi connectivity index (χ3n) is 4.04. The van der Waals surface area contributed by atoms with E-state index < -0.39 is 11.6 Å². The lowest BCUT2D eigenvalue weighted by atomic mass is 9.78. The Bertz CT molecular complexity index is 718. The molecule has 114 valence electrons. The molecule has 3 nitrogen and oxygen atoms in total. The van der Waals surface area contributed by atoms with Crippen LogP contribution in [0.1, 0.15) is 22.7 Å². The van der Waals surface area contributed by atoms with Crippen molar-refractivity contribution in [3.05, 3.63) is 113 Å². The van der Waals surface area contributed by atoms with Gasteiger partial charge in [0, 0.05) is 0 Å². The Morgan fingerprint density at radius 2 is 1.09 bits per heavy atom. The van der Waals surface area contributed by atoms with Gasteiger partial charge < -0.3 is 5.11 Å². The summed E-state index contributed by atoms with van der Waals surface area (Å²) in [6.45, 7) is 0. The monoisotopic (exact) mass is 303 g/mol. The summed E-state index contributed by atoms with van der Waals surface area (Å²) >= 11 is 0. The molecule has 0 aliphatic heterocycles. The average molecular weight is 303 g/mol. The SMILES string of the molecule is O=NC(c1ccccc1)C(O)(c1ccccc1)c1ccccc1. The molecule has 1 unspecified atom stereocenters. The minimum Gasteiger partial charge on any atom is -0.378 e. The van der Waals surface area contributed by atoms with E-state index in [1.807, 2.05) is 91.0 Å². The molecule has 23 heavy (non-hydrogen) atoms. The number of hydrogen-bond acceptors (Lipinski definition) is 3. The first-order valence-electron chi connectivity index (χ1n) is 7.47. The van der Waals surface area contributed by atoms with Crippen LogP contribution in [0.5, 0.6) is 0 Å². The largest absolute Gasteiger partial charge is 0.378 e. The van der Waals surface area contributed by atoms with Crippen molar-refractivity contribution in [2.45, 2.75) is 11.6 Å². The number of nitrogens with zero attached hydrogens (tertiary/aromatic N) is 1. The van der Waals surface area contributed by atoms with Gasteiger partial charge in [0.2, 0.25) is 0 Å². The molecular weight excluding hydrogens is 286 g/mol. The minimum absolute atomic E-state index is 0.639. The lowest BCUT2D eigenvalue weighted by Crippen LogP contribution is -2.34. The van der Waals surface area contributed by atoms with Crippen LogP contribution in [-0.4, -0.2) is 5.11 Å². The number of rotatable bonds is 5. The minimum atomic E-state index is -1.52. The molecule has 1 N–H and O–H groups in total. The van der Waals surface area contributed by atoms with Crippen LogP contribution in [0, 0.1) is 4.91 Å². The van der Waals surface area contributed by atoms with Gasteiger partial charge in [-0.25, -0.2) is 0 Å². The molecule has 0 aliphatic carbocycles. The molecule has 3 heteroatoms. The molecule has 0 spiro atoms. The Hall–Kier alpha value is -2.78. The molecule has 0 fully saturated rings. The number of benzene rings is 3. The van der Waals surface area contributed by atoms with Crippen molar-refractivity contribution in [1.29, 1.82) is 0 Å². The zero-order chi connectivity index (χ0) is 16.1. The van der Waals surface area contributed by atoms with E-state index in [1.54, 1.807) is 0 Å². The molecule has 0 radical (unpaired) electrons. The Labute approximate surface area is 135 Å². The molecule has 1 atom stereocenters. The van der Waals surface area contributed by atoms with Crippen LogP contribution >= 0.6 is 0 Å². The van der Waals surface area contributed by atoms with Crippen LogP contribution in [0.25, 0.3) is 0 Å². The molecule has 0 saturated carbocycles. The average Bonchev–Trinajstić information content (AvgIpc) is 2.64. The van der Waals surface area contributed by atoms with Gasteiger partial charge in [0.05, 0.1) is 0 Å². The first-order chi connectivity index (χ1) is 11.3. The molecule has 0 aliphatic rings. The molecular formula is C20H17NO2. The molecule has 0 bridgehead atoms. The van der Waals surface area contributed by atoms with Gasteiger partial charge in [0.1, 0.15) is 5.60 Å². The Balaban J connectivity index is 2.22. The van der Waals surface area contributed by atoms with Gasteiger partial charge in [-0.05, 0) is 16.7 Å². The first kappa shape index (κ1) is 15.1. The summed E-state index contributed by atoms with van der Waals surface area (Å²) in [6, 6.07) is 26.6. The van der Waals surface area contributed by atoms with Crippen LogP contribution in [0.3, 0.4) is 0 Å². The highest BCUT2D eigenvalue weighted by atomic mass is 16.3. The Kier molecular flexibility index (Phi) is 4.31. The van der Waals surface area contributed by atoms with Gasteiger partial charge in [-0.2, -0.15) is 4.91 Å². The third kappa shape index (κ3) is 2.79. The standard InChI is InChI=1S/C20H17NO2/c22-20(17-12-6-2-7-13-17,18-14-8-3-9-15-18)19(21-23)16-10-4-1-5-11-16/h1-15,19,22H. The summed E-state index contributed by atoms with van der Waals surface area (Å²) in [6.07, 6.45) is 0. The number of nitroso groups, excluding NO2 is 1. The van der Waals surface area contributed by atoms with E-state index in [2.05, 4.69) is 5.18 Å². The summed E-state index contributed by atoms with van der Waals surface area (Å²) in [4.78, 5) is 11.7. The number of aliphatic hydroxyl groups is 1. The van der Waals surface area contributed by atoms with E-state index in [9.17, 15) is 10.0 Å². The van der Waals surface area contributed by atoms with Crippen molar-refractivity contribution < 1.29 is 5.11 Å². The summed E-state index contributed by atoms with van der Waals surface area (Å²) in [7, 11) is 0. The van der Waals surface area contributed by atoms with Crippen LogP contribution in [0.4, 0.5) is 0 Å². The molecule has 3 aromatic carbocycles. The summed E-state index contributed by atoms with van der Waals surface area (Å²) < 4.78 is 0. The molecule has 0 heterocycles. The van der Waals surface area contributed by atoms with Gasteiger partial charge >= 0.3 is 0 Å². The first-order valence-corrected chi connectivity index (χ1v) is 7.47. The maximum Gasteiger partial charge on any atom is 0.154 e. The second-order valence-corrected chi connectivity index (χ2v) is 5.42. The van der Waals surface area contributed by atoms with Gasteiger partial charge in [-0.15, -0.1) is 0 Å². The van der Waals surface area contributed by atoms with Crippen LogP contribution in [0.2, 0.25) is 0 Å². The second kappa shape index (κ2) is 6.55. The van der Waals surface area contributed by atoms with Crippen molar-refractivity contribution in [1.82, 2.24) is 0 Å². The quantitative estimate of drug-likeness (QED) is 0.709. The maximum atomic E-state index is 11.7. The van der Waals surface area contributed by atoms with Crippen molar-refractivity contribution in [2.24, 2.45) is 5.18 Å². The van der Waals surface area contributed by atoms with Crippen LogP contribution < -0.4 is 0 Å². The zero-order valence-electron chi connectivity index (χ0n) is 12.5. The van der Waals surface area contributed by atoms with Gasteiger partial charge in [-0.3, -0.25) is 0 Å². The summed E-state index contributed by atoms with van der Waals surface area (Å²) in [5.74, 6) is 0. The van der Waals surface area contributed by atoms with Gasteiger partial charge in [0.15, 0.2) is 6.04 Å². The Morgan fingerprint density at radius 3 is 1.48 bits per heavy atom. The highest BCUT2D eigenvalue weighted by molar-refractivity contribution is 5.41. The molecule has 3 rings (SSSR count). The highest BCUT2D eigenvalue weighted by Crippen LogP contribution is 2.43. The van der Waals surface area contributed by atoms with Gasteiger partial charge in [-0.1, -0.05) is 96.2 Å². The topological polar surface area (TPSA) is 49.7 Å². The smallest absolute Gasteiger partial charge is 0.154 e. The predicted molar refractivity (Wildman–Crippen MR) is 90.9 cm³/mol. The molecule has 0 aromatic heterocycles. The van der Waals surface area contributed by atoms with E-state index >= 15 is 0 Å². The molecule has 3 aromatic rings. The van der Waals surface area contributed by atoms with E-state index in [0.717, 1.165) is 0 Å². The third-order valence-corrected chi connectivity index (χ3v) is 4.04. The lowest BCUT2D eigenvalue weighted by Gasteiger charge is -2.33. The van der Waals surface area contributed by atoms with Crippen LogP contribution in [0.15, 0.2) is 96.2 Å². The molecule has 0 saturated heterocycles. The van der Waals surface area contributed by atoms with E-state index in [4.69, 9.17) is 0 Å². The fourth-order valence-electron chi connectivity index (χ4n) is 2.88. The van der Waals surface area contributed by atoms with E-state index in [0.29, 0.717) is 16.7 Å². The van der Waals surface area contributed by atoms with E-state index in [-0.39, 0.29) is 0 Å². The summed E-state index contributed by atoms with van der Waals surface area (Å²) in [5.41, 5.74) is 0.433. The highest BCUT2D eigenvalue weighted by Gasteiger charge is 2.42. The molecule has 0 amide bonds. The number of hydrogen-bond donors (Lipinski definition) is 1. The van der Waals surface area contributed by atoms with Gasteiger partial charge in [0.25, 0.3) is 0 Å². The fourth-order valence-corrected chi connectivity index (χ4v) is 2.88. The summed E-state index contributed by atoms with van der Waals surface area (Å²) in [5, 5.41) is 14.9. The Morgan fingerprint density at radius 1 is 0.696 bits per heavy atom. The van der Waals surface area contributed by atoms with Crippen molar-refractivity contribution >= 4 is 0 Å². The fraction of sp³-hybridized carbons (Fsp3) is 0.100. The van der Waals surface area contributed by atoms with Crippen molar-refractivity contribution in [3.8, 4) is 0 Å². The van der Waals surface area contributed by atoms with Crippen molar-refractivity contribution in [3.63, 3.8) is 0 Å². The second-order valence-electron chi connectivity index (χ2n) is 5.42. The van der Waals surface area contributed by atoms with Crippen LogP contribution in [-0.2, 0) is 5.60 Å². The lowest BCUT2D eigenvalue weighted by molar-refractivity contribution is 0.0515. The normalized spacial score (nSPS) is 12.6. The predicted octanol–water partition coefficient (Wildman–Crippen LogP) is 4.43. The zero-order valence-corrected chi connectivity index (χ0v) is 12.5. The van der Waals surface area contributed by atoms with E-state index in [1.165, 1.54) is 0 Å². The van der Waals surface area contributed by atoms with Crippen molar-refractivity contribution in [2.75, 3.05) is 0 Å². The maximum absolute atomic E-state index is 11.7.